The first kappa shape index (κ1) is 21.3. The number of nitrogens with one attached hydrogen (secondary N) is 1. The van der Waals surface area contributed by atoms with E-state index in [1.807, 2.05) is 19.1 Å². The van der Waals surface area contributed by atoms with Crippen molar-refractivity contribution in [2.45, 2.75) is 13.8 Å². The highest BCUT2D eigenvalue weighted by Crippen LogP contribution is 2.34. The highest BCUT2D eigenvalue weighted by Gasteiger charge is 2.26. The van der Waals surface area contributed by atoms with Crippen LogP contribution in [0.3, 0.4) is 0 Å². The predicted octanol–water partition coefficient (Wildman–Crippen LogP) is 4.31. The molecule has 2 amide bonds. The zero-order valence-electron chi connectivity index (χ0n) is 17.5. The van der Waals surface area contributed by atoms with Crippen LogP contribution in [0.2, 0.25) is 0 Å². The van der Waals surface area contributed by atoms with Crippen molar-refractivity contribution in [3.05, 3.63) is 69.8 Å². The molecule has 8 nitrogen and oxygen atoms in total. The van der Waals surface area contributed by atoms with E-state index >= 15 is 0 Å². The molecule has 3 heterocycles. The number of aromatic nitrogens is 1. The molecule has 1 aromatic carbocycles. The smallest absolute Gasteiger partial charge is 0.348 e. The van der Waals surface area contributed by atoms with Crippen LogP contribution in [-0.2, 0) is 4.74 Å². The van der Waals surface area contributed by atoms with Gasteiger partial charge in [0, 0.05) is 5.39 Å². The van der Waals surface area contributed by atoms with Crippen molar-refractivity contribution in [1.82, 2.24) is 4.98 Å². The van der Waals surface area contributed by atoms with Gasteiger partial charge in [-0.1, -0.05) is 18.2 Å². The average molecular weight is 449 g/mol. The highest BCUT2D eigenvalue weighted by atomic mass is 32.1. The van der Waals surface area contributed by atoms with Gasteiger partial charge in [-0.2, -0.15) is 0 Å². The summed E-state index contributed by atoms with van der Waals surface area (Å²) in [6, 6.07) is 12.4. The van der Waals surface area contributed by atoms with Crippen molar-refractivity contribution in [3.8, 4) is 11.5 Å². The van der Waals surface area contributed by atoms with E-state index in [4.69, 9.17) is 14.9 Å². The molecule has 0 spiro atoms. The van der Waals surface area contributed by atoms with Crippen molar-refractivity contribution < 1.29 is 23.5 Å². The molecule has 9 heteroatoms. The van der Waals surface area contributed by atoms with Gasteiger partial charge >= 0.3 is 5.97 Å². The summed E-state index contributed by atoms with van der Waals surface area (Å²) in [6.07, 6.45) is 0. The molecule has 3 aromatic heterocycles. The largest absolute Gasteiger partial charge is 0.465 e. The lowest BCUT2D eigenvalue weighted by atomic mass is 10.1. The Morgan fingerprint density at radius 2 is 1.88 bits per heavy atom. The lowest BCUT2D eigenvalue weighted by molar-refractivity contribution is 0.0605. The number of carbonyl (C=O) groups excluding carboxylic acids is 3. The van der Waals surface area contributed by atoms with E-state index in [-0.39, 0.29) is 15.4 Å². The van der Waals surface area contributed by atoms with Crippen LogP contribution in [0.25, 0.3) is 22.4 Å². The predicted molar refractivity (Wildman–Crippen MR) is 121 cm³/mol. The number of hydrogen-bond acceptors (Lipinski definition) is 7. The van der Waals surface area contributed by atoms with Crippen LogP contribution < -0.4 is 11.1 Å². The van der Waals surface area contributed by atoms with E-state index in [0.717, 1.165) is 17.1 Å². The van der Waals surface area contributed by atoms with Gasteiger partial charge in [0.2, 0.25) is 0 Å². The monoisotopic (exact) mass is 449 g/mol. The molecule has 0 bridgehead atoms. The van der Waals surface area contributed by atoms with E-state index < -0.39 is 17.8 Å². The maximum Gasteiger partial charge on any atom is 0.348 e. The Labute approximate surface area is 187 Å². The third-order valence-corrected chi connectivity index (χ3v) is 6.13. The lowest BCUT2D eigenvalue weighted by Gasteiger charge is -2.10. The molecular formula is C23H19N3O5S. The summed E-state index contributed by atoms with van der Waals surface area (Å²) in [5, 5.41) is 3.54. The normalized spacial score (nSPS) is 10.8. The van der Waals surface area contributed by atoms with E-state index in [9.17, 15) is 14.4 Å². The minimum absolute atomic E-state index is 0.0731. The number of carbonyl (C=O) groups is 3. The number of ether oxygens (including phenoxy) is 1. The number of aryl methyl sites for hydroxylation is 1. The van der Waals surface area contributed by atoms with Crippen molar-refractivity contribution in [2.24, 2.45) is 5.73 Å². The second-order valence-electron chi connectivity index (χ2n) is 7.05. The molecule has 32 heavy (non-hydrogen) atoms. The van der Waals surface area contributed by atoms with Gasteiger partial charge in [-0.05, 0) is 43.7 Å². The van der Waals surface area contributed by atoms with Crippen LogP contribution >= 0.6 is 11.3 Å². The van der Waals surface area contributed by atoms with Gasteiger partial charge in [0.25, 0.3) is 11.8 Å². The summed E-state index contributed by atoms with van der Waals surface area (Å²) in [6.45, 7) is 3.40. The third kappa shape index (κ3) is 3.74. The summed E-state index contributed by atoms with van der Waals surface area (Å²) in [4.78, 5) is 42.2. The number of hydrogen-bond donors (Lipinski definition) is 2. The average Bonchev–Trinajstić information content (AvgIpc) is 3.35. The van der Waals surface area contributed by atoms with Crippen molar-refractivity contribution in [2.75, 3.05) is 12.4 Å². The SMILES string of the molecule is COC(=O)c1sc(NC(=O)c2cc(-c3ccc(C)o3)nc3ccccc23)c(C(N)=O)c1C. The molecule has 0 aliphatic carbocycles. The molecule has 0 radical (unpaired) electrons. The minimum Gasteiger partial charge on any atom is -0.465 e. The molecule has 0 unspecified atom stereocenters. The number of fused-ring (bicyclic) bond motifs is 1. The Kier molecular flexibility index (Phi) is 5.50. The van der Waals surface area contributed by atoms with Gasteiger partial charge in [-0.15, -0.1) is 11.3 Å². The summed E-state index contributed by atoms with van der Waals surface area (Å²) in [5.74, 6) is -0.597. The highest BCUT2D eigenvalue weighted by molar-refractivity contribution is 7.18. The number of benzene rings is 1. The van der Waals surface area contributed by atoms with Gasteiger partial charge in [-0.25, -0.2) is 9.78 Å². The molecular weight excluding hydrogens is 430 g/mol. The number of para-hydroxylation sites is 1. The molecule has 0 aliphatic heterocycles. The number of pyridine rings is 1. The Hall–Kier alpha value is -3.98. The number of esters is 1. The maximum atomic E-state index is 13.3. The van der Waals surface area contributed by atoms with Crippen LogP contribution in [0.1, 0.15) is 41.7 Å². The molecule has 0 atom stereocenters. The number of anilines is 1. The molecule has 0 saturated carbocycles. The van der Waals surface area contributed by atoms with Gasteiger partial charge in [-0.3, -0.25) is 9.59 Å². The summed E-state index contributed by atoms with van der Waals surface area (Å²) >= 11 is 0.938. The van der Waals surface area contributed by atoms with Crippen molar-refractivity contribution >= 4 is 45.0 Å². The molecule has 0 saturated heterocycles. The Balaban J connectivity index is 1.81. The van der Waals surface area contributed by atoms with Gasteiger partial charge in [0.05, 0.1) is 23.8 Å². The quantitative estimate of drug-likeness (QED) is 0.438. The molecule has 3 N–H and O–H groups in total. The van der Waals surface area contributed by atoms with Crippen LogP contribution in [0.4, 0.5) is 5.00 Å². The molecule has 162 valence electrons. The fraction of sp³-hybridized carbons (Fsp3) is 0.130. The van der Waals surface area contributed by atoms with Gasteiger partial charge in [0.1, 0.15) is 21.3 Å². The topological polar surface area (TPSA) is 125 Å². The lowest BCUT2D eigenvalue weighted by Crippen LogP contribution is -2.18. The summed E-state index contributed by atoms with van der Waals surface area (Å²) in [7, 11) is 1.24. The zero-order chi connectivity index (χ0) is 23.0. The Morgan fingerprint density at radius 3 is 2.53 bits per heavy atom. The van der Waals surface area contributed by atoms with Crippen molar-refractivity contribution in [3.63, 3.8) is 0 Å². The zero-order valence-corrected chi connectivity index (χ0v) is 18.3. The second kappa shape index (κ2) is 8.27. The fourth-order valence-electron chi connectivity index (χ4n) is 3.42. The number of nitrogens with zero attached hydrogens (tertiary/aromatic N) is 1. The van der Waals surface area contributed by atoms with Crippen LogP contribution in [0.15, 0.2) is 46.9 Å². The van der Waals surface area contributed by atoms with Crippen LogP contribution in [-0.4, -0.2) is 29.9 Å². The van der Waals surface area contributed by atoms with E-state index in [1.54, 1.807) is 37.3 Å². The Morgan fingerprint density at radius 1 is 1.12 bits per heavy atom. The van der Waals surface area contributed by atoms with Gasteiger partial charge in [0.15, 0.2) is 5.76 Å². The Bertz CT molecular complexity index is 1390. The number of amides is 2. The number of furan rings is 1. The second-order valence-corrected chi connectivity index (χ2v) is 8.07. The van der Waals surface area contributed by atoms with Crippen LogP contribution in [0.5, 0.6) is 0 Å². The van der Waals surface area contributed by atoms with Gasteiger partial charge < -0.3 is 20.2 Å². The first-order valence-corrected chi connectivity index (χ1v) is 10.4. The van der Waals surface area contributed by atoms with E-state index in [1.165, 1.54) is 7.11 Å². The summed E-state index contributed by atoms with van der Waals surface area (Å²) in [5.41, 5.74) is 7.39. The maximum absolute atomic E-state index is 13.3. The van der Waals surface area contributed by atoms with Crippen molar-refractivity contribution in [1.29, 1.82) is 0 Å². The third-order valence-electron chi connectivity index (χ3n) is 4.94. The number of thiophene rings is 1. The first-order chi connectivity index (χ1) is 15.3. The number of nitrogens with two attached hydrogens (primary N) is 1. The standard InChI is InChI=1S/C23H19N3O5S/c1-11-8-9-17(31-11)16-10-14(13-6-4-5-7-15(13)25-16)21(28)26-22-18(20(24)27)12(2)19(32-22)23(29)30-3/h4-10H,1-3H3,(H2,24,27)(H,26,28). The summed E-state index contributed by atoms with van der Waals surface area (Å²) < 4.78 is 10.4. The molecule has 4 aromatic rings. The molecule has 0 aliphatic rings. The first-order valence-electron chi connectivity index (χ1n) is 9.59. The molecule has 0 fully saturated rings. The minimum atomic E-state index is -0.754. The number of primary amides is 1. The van der Waals surface area contributed by atoms with E-state index in [0.29, 0.717) is 33.5 Å². The number of methoxy groups -OCH3 is 1. The molecule has 4 rings (SSSR count). The fourth-order valence-corrected chi connectivity index (χ4v) is 4.54. The number of rotatable bonds is 5. The van der Waals surface area contributed by atoms with E-state index in [2.05, 4.69) is 10.3 Å². The van der Waals surface area contributed by atoms with Crippen LogP contribution in [0, 0.1) is 13.8 Å².